The van der Waals surface area contributed by atoms with Gasteiger partial charge in [0, 0.05) is 11.9 Å². The molecule has 0 saturated heterocycles. The molecule has 0 aromatic carbocycles. The third-order valence-corrected chi connectivity index (χ3v) is 2.51. The molecule has 0 aliphatic heterocycles. The molecule has 0 unspecified atom stereocenters. The molecule has 1 heterocycles. The second-order valence-electron chi connectivity index (χ2n) is 2.42. The monoisotopic (exact) mass is 278 g/mol. The predicted octanol–water partition coefficient (Wildman–Crippen LogP) is 1.28. The second kappa shape index (κ2) is 6.92. The summed E-state index contributed by atoms with van der Waals surface area (Å²) in [6, 6.07) is 0. The van der Waals surface area contributed by atoms with Gasteiger partial charge in [0.1, 0.15) is 4.88 Å². The van der Waals surface area contributed by atoms with Crippen LogP contribution in [-0.2, 0) is 4.74 Å². The Hall–Kier alpha value is -0.460. The molecule has 0 bridgehead atoms. The maximum atomic E-state index is 11.3. The van der Waals surface area contributed by atoms with Crippen molar-refractivity contribution in [1.82, 2.24) is 10.3 Å². The first-order chi connectivity index (χ1) is 6.84. The summed E-state index contributed by atoms with van der Waals surface area (Å²) in [5.74, 6) is -0.0880. The summed E-state index contributed by atoms with van der Waals surface area (Å²) in [5, 5.41) is 3.55. The van der Waals surface area contributed by atoms with Crippen molar-refractivity contribution in [1.29, 1.82) is 0 Å². The van der Waals surface area contributed by atoms with Crippen LogP contribution in [0.1, 0.15) is 9.67 Å². The Kier molecular flexibility index (Phi) is 5.74. The molecule has 1 N–H and O–H groups in total. The zero-order valence-electron chi connectivity index (χ0n) is 7.53. The third kappa shape index (κ3) is 4.17. The molecule has 1 amide bonds. The minimum Gasteiger partial charge on any atom is -0.379 e. The molecule has 4 nitrogen and oxygen atoms in total. The van der Waals surface area contributed by atoms with Gasteiger partial charge in [-0.3, -0.25) is 9.78 Å². The van der Waals surface area contributed by atoms with Gasteiger partial charge in [-0.1, -0.05) is 15.9 Å². The fourth-order valence-corrected chi connectivity index (χ4v) is 1.57. The summed E-state index contributed by atoms with van der Waals surface area (Å²) in [7, 11) is 0. The van der Waals surface area contributed by atoms with E-state index >= 15 is 0 Å². The highest BCUT2D eigenvalue weighted by molar-refractivity contribution is 9.09. The number of halogens is 1. The van der Waals surface area contributed by atoms with Crippen molar-refractivity contribution >= 4 is 33.2 Å². The Morgan fingerprint density at radius 1 is 1.64 bits per heavy atom. The lowest BCUT2D eigenvalue weighted by atomic mass is 10.5. The number of alkyl halides is 1. The van der Waals surface area contributed by atoms with Crippen molar-refractivity contribution in [3.05, 3.63) is 16.6 Å². The van der Waals surface area contributed by atoms with E-state index in [1.165, 1.54) is 11.3 Å². The normalized spacial score (nSPS) is 10.1. The van der Waals surface area contributed by atoms with E-state index in [1.807, 2.05) is 0 Å². The fraction of sp³-hybridized carbons (Fsp3) is 0.500. The first-order valence-electron chi connectivity index (χ1n) is 4.15. The van der Waals surface area contributed by atoms with Crippen LogP contribution >= 0.6 is 27.3 Å². The zero-order valence-corrected chi connectivity index (χ0v) is 9.94. The summed E-state index contributed by atoms with van der Waals surface area (Å²) >= 11 is 4.57. The van der Waals surface area contributed by atoms with Crippen LogP contribution in [0.3, 0.4) is 0 Å². The molecule has 6 heteroatoms. The lowest BCUT2D eigenvalue weighted by Crippen LogP contribution is -2.26. The van der Waals surface area contributed by atoms with E-state index in [2.05, 4.69) is 26.2 Å². The van der Waals surface area contributed by atoms with Crippen molar-refractivity contribution in [3.63, 3.8) is 0 Å². The molecule has 14 heavy (non-hydrogen) atoms. The van der Waals surface area contributed by atoms with Gasteiger partial charge in [0.2, 0.25) is 0 Å². The van der Waals surface area contributed by atoms with Crippen LogP contribution < -0.4 is 5.32 Å². The van der Waals surface area contributed by atoms with Crippen molar-refractivity contribution in [2.24, 2.45) is 0 Å². The van der Waals surface area contributed by atoms with E-state index in [0.717, 1.165) is 5.33 Å². The number of hydrogen-bond acceptors (Lipinski definition) is 4. The van der Waals surface area contributed by atoms with E-state index in [4.69, 9.17) is 4.74 Å². The first kappa shape index (κ1) is 11.6. The maximum Gasteiger partial charge on any atom is 0.263 e. The Balaban J connectivity index is 2.10. The van der Waals surface area contributed by atoms with Crippen LogP contribution in [0.15, 0.2) is 11.7 Å². The third-order valence-electron chi connectivity index (χ3n) is 1.41. The lowest BCUT2D eigenvalue weighted by molar-refractivity contribution is 0.0928. The number of amides is 1. The predicted molar refractivity (Wildman–Crippen MR) is 59.1 cm³/mol. The Labute approximate surface area is 94.8 Å². The average Bonchev–Trinajstić information content (AvgIpc) is 2.70. The minimum atomic E-state index is -0.0880. The molecule has 78 valence electrons. The van der Waals surface area contributed by atoms with Crippen LogP contribution in [0.4, 0.5) is 0 Å². The van der Waals surface area contributed by atoms with Crippen LogP contribution in [0.2, 0.25) is 0 Å². The highest BCUT2D eigenvalue weighted by Crippen LogP contribution is 2.03. The smallest absolute Gasteiger partial charge is 0.263 e. The summed E-state index contributed by atoms with van der Waals surface area (Å²) < 4.78 is 5.18. The van der Waals surface area contributed by atoms with E-state index in [-0.39, 0.29) is 5.91 Å². The highest BCUT2D eigenvalue weighted by atomic mass is 79.9. The van der Waals surface area contributed by atoms with Crippen LogP contribution in [0, 0.1) is 0 Å². The van der Waals surface area contributed by atoms with E-state index < -0.39 is 0 Å². The standard InChI is InChI=1S/C8H11BrN2O2S/c9-1-3-13-4-2-11-8(12)7-5-10-6-14-7/h5-6H,1-4H2,(H,11,12). The average molecular weight is 279 g/mol. The van der Waals surface area contributed by atoms with Gasteiger partial charge >= 0.3 is 0 Å². The van der Waals surface area contributed by atoms with Gasteiger partial charge in [0.15, 0.2) is 0 Å². The van der Waals surface area contributed by atoms with Gasteiger partial charge in [-0.2, -0.15) is 0 Å². The van der Waals surface area contributed by atoms with E-state index in [9.17, 15) is 4.79 Å². The van der Waals surface area contributed by atoms with Crippen LogP contribution in [0.5, 0.6) is 0 Å². The number of carbonyl (C=O) groups excluding carboxylic acids is 1. The molecule has 0 aliphatic carbocycles. The molecule has 0 aliphatic rings. The van der Waals surface area contributed by atoms with Gasteiger partial charge in [-0.15, -0.1) is 11.3 Å². The Bertz CT molecular complexity index is 266. The number of thiazole rings is 1. The molecule has 0 fully saturated rings. The Morgan fingerprint density at radius 2 is 2.50 bits per heavy atom. The highest BCUT2D eigenvalue weighted by Gasteiger charge is 2.05. The molecule has 0 spiro atoms. The number of nitrogens with zero attached hydrogens (tertiary/aromatic N) is 1. The summed E-state index contributed by atoms with van der Waals surface area (Å²) in [5.41, 5.74) is 1.64. The molecule has 0 saturated carbocycles. The second-order valence-corrected chi connectivity index (χ2v) is 4.10. The van der Waals surface area contributed by atoms with Gasteiger partial charge in [0.25, 0.3) is 5.91 Å². The lowest BCUT2D eigenvalue weighted by Gasteiger charge is -2.03. The van der Waals surface area contributed by atoms with Gasteiger partial charge in [-0.25, -0.2) is 0 Å². The Morgan fingerprint density at radius 3 is 3.14 bits per heavy atom. The molecule has 1 rings (SSSR count). The molecule has 1 aromatic heterocycles. The van der Waals surface area contributed by atoms with Gasteiger partial charge in [-0.05, 0) is 0 Å². The quantitative estimate of drug-likeness (QED) is 0.630. The molecule has 0 atom stereocenters. The zero-order chi connectivity index (χ0) is 10.2. The number of rotatable bonds is 6. The van der Waals surface area contributed by atoms with Gasteiger partial charge < -0.3 is 10.1 Å². The van der Waals surface area contributed by atoms with Crippen molar-refractivity contribution < 1.29 is 9.53 Å². The summed E-state index contributed by atoms with van der Waals surface area (Å²) in [4.78, 5) is 15.8. The van der Waals surface area contributed by atoms with Crippen molar-refractivity contribution in [3.8, 4) is 0 Å². The number of ether oxygens (including phenoxy) is 1. The molecular formula is C8H11BrN2O2S. The van der Waals surface area contributed by atoms with Crippen molar-refractivity contribution in [2.75, 3.05) is 25.1 Å². The molecule has 0 radical (unpaired) electrons. The number of nitrogens with one attached hydrogen (secondary N) is 1. The van der Waals surface area contributed by atoms with Crippen molar-refractivity contribution in [2.45, 2.75) is 0 Å². The van der Waals surface area contributed by atoms with E-state index in [0.29, 0.717) is 24.6 Å². The molecule has 1 aromatic rings. The maximum absolute atomic E-state index is 11.3. The SMILES string of the molecule is O=C(NCCOCCBr)c1cncs1. The summed E-state index contributed by atoms with van der Waals surface area (Å²) in [6.45, 7) is 1.73. The van der Waals surface area contributed by atoms with Gasteiger partial charge in [0.05, 0.1) is 24.9 Å². The van der Waals surface area contributed by atoms with Crippen LogP contribution in [-0.4, -0.2) is 36.0 Å². The van der Waals surface area contributed by atoms with Crippen LogP contribution in [0.25, 0.3) is 0 Å². The minimum absolute atomic E-state index is 0.0880. The summed E-state index contributed by atoms with van der Waals surface area (Å²) in [6.07, 6.45) is 1.55. The number of aromatic nitrogens is 1. The fourth-order valence-electron chi connectivity index (χ4n) is 0.808. The van der Waals surface area contributed by atoms with E-state index in [1.54, 1.807) is 11.7 Å². The molecular weight excluding hydrogens is 268 g/mol. The largest absolute Gasteiger partial charge is 0.379 e. The number of carbonyl (C=O) groups is 1. The number of hydrogen-bond donors (Lipinski definition) is 1. The first-order valence-corrected chi connectivity index (χ1v) is 6.15. The topological polar surface area (TPSA) is 51.2 Å².